The maximum Gasteiger partial charge on any atom is 0.252 e. The zero-order chi connectivity index (χ0) is 36.9. The van der Waals surface area contributed by atoms with Gasteiger partial charge in [0.05, 0.1) is 12.6 Å². The molecule has 0 aromatic heterocycles. The molecule has 276 valence electrons. The van der Waals surface area contributed by atoms with Crippen LogP contribution in [-0.4, -0.2) is 71.9 Å². The van der Waals surface area contributed by atoms with E-state index in [0.29, 0.717) is 43.9 Å². The van der Waals surface area contributed by atoms with E-state index in [1.54, 1.807) is 9.80 Å². The highest BCUT2D eigenvalue weighted by molar-refractivity contribution is 6.03. The van der Waals surface area contributed by atoms with Crippen molar-refractivity contribution in [2.45, 2.75) is 75.9 Å². The lowest BCUT2D eigenvalue weighted by Crippen LogP contribution is -2.62. The molecule has 3 aliphatic rings. The molecule has 3 aromatic carbocycles. The third-order valence-electron chi connectivity index (χ3n) is 9.86. The van der Waals surface area contributed by atoms with E-state index < -0.39 is 46.8 Å². The van der Waals surface area contributed by atoms with E-state index in [1.807, 2.05) is 24.3 Å². The summed E-state index contributed by atoms with van der Waals surface area (Å²) >= 11 is 0. The van der Waals surface area contributed by atoms with Gasteiger partial charge in [0.15, 0.2) is 29.0 Å². The summed E-state index contributed by atoms with van der Waals surface area (Å²) in [5.74, 6) is -6.97. The van der Waals surface area contributed by atoms with Crippen LogP contribution in [-0.2, 0) is 27.2 Å². The first-order chi connectivity index (χ1) is 25.0. The zero-order valence-electron chi connectivity index (χ0n) is 28.6. The number of primary amides is 1. The Labute approximate surface area is 298 Å². The lowest BCUT2D eigenvalue weighted by Gasteiger charge is -2.45. The number of fused-ring (bicyclic) bond motifs is 2. The summed E-state index contributed by atoms with van der Waals surface area (Å²) in [5.41, 5.74) is 8.56. The molecule has 13 heteroatoms. The standard InChI is InChI=1S/C39H41F5N4O4/c40-29-6-1-5-25(36(29)43)17-18-48(27-13-14-27)39(51)35-28(20-26-21-47(22-32(35)46-26)34(50)8-2-7-33(45)49)24-11-9-23(10-12-24)4-3-19-52-38-31(42)16-15-30(41)37(38)44/h1,5-6,9-12,15-16,26-27,32,46H,2-4,7-8,13-14,17-22H2,(H2,45,49)/t26?,32-/m1/s1. The van der Waals surface area contributed by atoms with Crippen molar-refractivity contribution in [1.82, 2.24) is 15.1 Å². The van der Waals surface area contributed by atoms with Crippen molar-refractivity contribution in [1.29, 1.82) is 0 Å². The minimum atomic E-state index is -1.37. The number of carbonyl (C=O) groups excluding carboxylic acids is 3. The number of piperazine rings is 1. The summed E-state index contributed by atoms with van der Waals surface area (Å²) in [6, 6.07) is 12.5. The molecule has 0 radical (unpaired) electrons. The third kappa shape index (κ3) is 8.63. The van der Waals surface area contributed by atoms with Gasteiger partial charge in [0, 0.05) is 50.1 Å². The van der Waals surface area contributed by atoms with E-state index in [-0.39, 0.29) is 68.4 Å². The van der Waals surface area contributed by atoms with Crippen LogP contribution in [0, 0.1) is 29.1 Å². The van der Waals surface area contributed by atoms with Gasteiger partial charge in [-0.3, -0.25) is 14.4 Å². The van der Waals surface area contributed by atoms with Gasteiger partial charge in [0.1, 0.15) is 0 Å². The van der Waals surface area contributed by atoms with Crippen molar-refractivity contribution >= 4 is 23.3 Å². The van der Waals surface area contributed by atoms with Gasteiger partial charge < -0.3 is 25.6 Å². The number of nitrogens with two attached hydrogens (primary N) is 1. The van der Waals surface area contributed by atoms with Gasteiger partial charge in [0.2, 0.25) is 17.6 Å². The number of rotatable bonds is 15. The lowest BCUT2D eigenvalue weighted by molar-refractivity contribution is -0.134. The molecular formula is C39H41F5N4O4. The molecule has 8 nitrogen and oxygen atoms in total. The molecule has 2 bridgehead atoms. The van der Waals surface area contributed by atoms with Crippen LogP contribution in [0.5, 0.6) is 5.75 Å². The number of halogens is 5. The Morgan fingerprint density at radius 2 is 1.58 bits per heavy atom. The van der Waals surface area contributed by atoms with Crippen LogP contribution >= 0.6 is 0 Å². The number of nitrogens with one attached hydrogen (secondary N) is 1. The van der Waals surface area contributed by atoms with Crippen LogP contribution in [0.3, 0.4) is 0 Å². The average molecular weight is 725 g/mol. The maximum atomic E-state index is 14.6. The molecule has 0 spiro atoms. The van der Waals surface area contributed by atoms with Crippen LogP contribution in [0.2, 0.25) is 0 Å². The number of carbonyl (C=O) groups is 3. The zero-order valence-corrected chi connectivity index (χ0v) is 28.6. The van der Waals surface area contributed by atoms with Gasteiger partial charge >= 0.3 is 0 Å². The third-order valence-corrected chi connectivity index (χ3v) is 9.86. The van der Waals surface area contributed by atoms with E-state index in [2.05, 4.69) is 5.32 Å². The second kappa shape index (κ2) is 16.3. The summed E-state index contributed by atoms with van der Waals surface area (Å²) in [7, 11) is 0. The minimum absolute atomic E-state index is 0.0356. The van der Waals surface area contributed by atoms with Gasteiger partial charge in [-0.1, -0.05) is 36.4 Å². The molecule has 1 aliphatic carbocycles. The monoisotopic (exact) mass is 724 g/mol. The van der Waals surface area contributed by atoms with Gasteiger partial charge in [-0.2, -0.15) is 4.39 Å². The fraction of sp³-hybridized carbons (Fsp3) is 0.410. The molecule has 2 heterocycles. The molecule has 3 aromatic rings. The van der Waals surface area contributed by atoms with Gasteiger partial charge in [-0.05, 0) is 85.4 Å². The minimum Gasteiger partial charge on any atom is -0.488 e. The predicted octanol–water partition coefficient (Wildman–Crippen LogP) is 5.61. The highest BCUT2D eigenvalue weighted by Gasteiger charge is 2.43. The molecular weight excluding hydrogens is 683 g/mol. The van der Waals surface area contributed by atoms with Gasteiger partial charge in [-0.25, -0.2) is 17.6 Å². The number of hydrogen-bond donors (Lipinski definition) is 2. The molecule has 3 N–H and O–H groups in total. The van der Waals surface area contributed by atoms with E-state index in [0.717, 1.165) is 41.7 Å². The number of ether oxygens (including phenoxy) is 1. The van der Waals surface area contributed by atoms with Crippen molar-refractivity contribution in [3.8, 4) is 5.75 Å². The van der Waals surface area contributed by atoms with Crippen LogP contribution < -0.4 is 15.8 Å². The van der Waals surface area contributed by atoms with Gasteiger partial charge in [0.25, 0.3) is 5.91 Å². The Hall–Kier alpha value is -4.78. The number of nitrogens with zero attached hydrogens (tertiary/aromatic N) is 2. The highest BCUT2D eigenvalue weighted by Crippen LogP contribution is 2.37. The lowest BCUT2D eigenvalue weighted by atomic mass is 9.82. The Kier molecular flexibility index (Phi) is 11.6. The molecule has 1 saturated heterocycles. The van der Waals surface area contributed by atoms with Crippen LogP contribution in [0.4, 0.5) is 22.0 Å². The Morgan fingerprint density at radius 1 is 0.846 bits per heavy atom. The summed E-state index contributed by atoms with van der Waals surface area (Å²) in [4.78, 5) is 42.5. The summed E-state index contributed by atoms with van der Waals surface area (Å²) in [5, 5.41) is 3.54. The van der Waals surface area contributed by atoms with E-state index in [9.17, 15) is 36.3 Å². The number of aryl methyl sites for hydroxylation is 1. The van der Waals surface area contributed by atoms with Crippen molar-refractivity contribution < 1.29 is 41.1 Å². The first kappa shape index (κ1) is 37.0. The fourth-order valence-electron chi connectivity index (χ4n) is 7.08. The highest BCUT2D eigenvalue weighted by atomic mass is 19.2. The molecule has 2 aliphatic heterocycles. The molecule has 52 heavy (non-hydrogen) atoms. The first-order valence-electron chi connectivity index (χ1n) is 17.6. The predicted molar refractivity (Wildman–Crippen MR) is 183 cm³/mol. The molecule has 1 saturated carbocycles. The second-order valence-corrected chi connectivity index (χ2v) is 13.6. The van der Waals surface area contributed by atoms with Gasteiger partial charge in [-0.15, -0.1) is 0 Å². The van der Waals surface area contributed by atoms with E-state index >= 15 is 0 Å². The van der Waals surface area contributed by atoms with Crippen molar-refractivity contribution in [2.75, 3.05) is 26.2 Å². The quantitative estimate of drug-likeness (QED) is 0.121. The second-order valence-electron chi connectivity index (χ2n) is 13.6. The molecule has 6 rings (SSSR count). The smallest absolute Gasteiger partial charge is 0.252 e. The van der Waals surface area contributed by atoms with Crippen LogP contribution in [0.15, 0.2) is 60.2 Å². The Bertz CT molecular complexity index is 1850. The largest absolute Gasteiger partial charge is 0.488 e. The van der Waals surface area contributed by atoms with Crippen LogP contribution in [0.25, 0.3) is 5.57 Å². The van der Waals surface area contributed by atoms with E-state index in [1.165, 1.54) is 12.1 Å². The molecule has 1 unspecified atom stereocenters. The number of benzene rings is 3. The molecule has 2 atom stereocenters. The average Bonchev–Trinajstić information content (AvgIpc) is 3.96. The van der Waals surface area contributed by atoms with Crippen molar-refractivity contribution in [3.63, 3.8) is 0 Å². The Balaban J connectivity index is 1.22. The van der Waals surface area contributed by atoms with Crippen molar-refractivity contribution in [2.24, 2.45) is 5.73 Å². The molecule has 2 fully saturated rings. The maximum absolute atomic E-state index is 14.6. The summed E-state index contributed by atoms with van der Waals surface area (Å²) in [6.07, 6.45) is 3.69. The Morgan fingerprint density at radius 3 is 2.31 bits per heavy atom. The van der Waals surface area contributed by atoms with Crippen molar-refractivity contribution in [3.05, 3.63) is 106 Å². The first-order valence-corrected chi connectivity index (χ1v) is 17.6. The summed E-state index contributed by atoms with van der Waals surface area (Å²) < 4.78 is 75.1. The SMILES string of the molecule is NC(=O)CCCC(=O)N1CC2CC(c3ccc(CCCOc4c(F)ccc(F)c4F)cc3)=C(C(=O)N(CCc3cccc(F)c3F)C3CC3)[C@@H](C1)N2. The fourth-order valence-corrected chi connectivity index (χ4v) is 7.08. The summed E-state index contributed by atoms with van der Waals surface area (Å²) in [6.45, 7) is 0.827. The van der Waals surface area contributed by atoms with E-state index in [4.69, 9.17) is 10.5 Å². The van der Waals surface area contributed by atoms with Crippen LogP contribution in [0.1, 0.15) is 61.6 Å². The normalized spacial score (nSPS) is 18.4. The number of hydrogen-bond acceptors (Lipinski definition) is 5. The molecule has 3 amide bonds. The number of amides is 3. The topological polar surface area (TPSA) is 105 Å².